The largest absolute Gasteiger partial charge is 0.437 e. The third-order valence-corrected chi connectivity index (χ3v) is 5.77. The number of nitrogens with zero attached hydrogens (tertiary/aromatic N) is 1. The second kappa shape index (κ2) is 6.48. The minimum atomic E-state index is -3.13. The van der Waals surface area contributed by atoms with Crippen molar-refractivity contribution in [1.82, 2.24) is 0 Å². The Morgan fingerprint density at radius 2 is 2.05 bits per heavy atom. The Morgan fingerprint density at radius 1 is 1.38 bits per heavy atom. The summed E-state index contributed by atoms with van der Waals surface area (Å²) in [5.74, 6) is -0.119. The molecular weight excluding hydrogens is 312 g/mol. The number of carbonyl (C=O) groups excluding carboxylic acids is 1. The lowest BCUT2D eigenvalue weighted by Gasteiger charge is -2.06. The highest BCUT2D eigenvalue weighted by molar-refractivity contribution is 8.02. The fraction of sp³-hybridized carbons (Fsp3) is 0.385. The number of anilines is 1. The summed E-state index contributed by atoms with van der Waals surface area (Å²) in [6.45, 7) is 1.94. The van der Waals surface area contributed by atoms with Crippen molar-refractivity contribution in [2.45, 2.75) is 12.2 Å². The lowest BCUT2D eigenvalue weighted by Crippen LogP contribution is -2.17. The number of oxime groups is 1. The second-order valence-corrected chi connectivity index (χ2v) is 7.88. The fourth-order valence-corrected chi connectivity index (χ4v) is 5.02. The van der Waals surface area contributed by atoms with Crippen molar-refractivity contribution in [2.24, 2.45) is 5.16 Å². The third-order valence-electron chi connectivity index (χ3n) is 2.97. The molecule has 1 aliphatic rings. The summed E-state index contributed by atoms with van der Waals surface area (Å²) in [4.78, 5) is 16.4. The monoisotopic (exact) mass is 328 g/mol. The van der Waals surface area contributed by atoms with Crippen LogP contribution in [0, 0.1) is 6.92 Å². The highest BCUT2D eigenvalue weighted by Crippen LogP contribution is 2.20. The first-order valence-corrected chi connectivity index (χ1v) is 9.35. The van der Waals surface area contributed by atoms with Crippen molar-refractivity contribution in [1.29, 1.82) is 0 Å². The maximum absolute atomic E-state index is 11.6. The molecule has 1 atom stereocenters. The van der Waals surface area contributed by atoms with E-state index in [2.05, 4.69) is 10.5 Å². The van der Waals surface area contributed by atoms with Crippen LogP contribution in [0.5, 0.6) is 0 Å². The molecule has 1 aromatic carbocycles. The van der Waals surface area contributed by atoms with Crippen molar-refractivity contribution in [3.63, 3.8) is 0 Å². The molecule has 1 N–H and O–H groups in total. The molecule has 0 spiro atoms. The number of sulfone groups is 1. The quantitative estimate of drug-likeness (QED) is 0.678. The van der Waals surface area contributed by atoms with Crippen molar-refractivity contribution in [3.8, 4) is 0 Å². The number of aryl methyl sites for hydroxylation is 1. The minimum Gasteiger partial charge on any atom is -0.298 e. The van der Waals surface area contributed by atoms with E-state index in [0.717, 1.165) is 5.56 Å². The van der Waals surface area contributed by atoms with Gasteiger partial charge >= 0.3 is 6.09 Å². The average Bonchev–Trinajstić information content (AvgIpc) is 2.73. The number of carbonyl (C=O) groups is 1. The zero-order valence-electron chi connectivity index (χ0n) is 11.7. The summed E-state index contributed by atoms with van der Waals surface area (Å²) in [5, 5.41) is 5.96. The van der Waals surface area contributed by atoms with Gasteiger partial charge in [0, 0.05) is 5.69 Å². The molecule has 0 saturated carbocycles. The normalized spacial score (nSPS) is 22.2. The number of thioether (sulfide) groups is 1. The molecule has 0 unspecified atom stereocenters. The van der Waals surface area contributed by atoms with Crippen LogP contribution >= 0.6 is 11.8 Å². The maximum Gasteiger partial charge on any atom is 0.437 e. The molecule has 1 heterocycles. The van der Waals surface area contributed by atoms with Gasteiger partial charge in [-0.1, -0.05) is 22.9 Å². The standard InChI is InChI=1S/C13H16N2O4S2/c1-9-3-5-10(6-4-9)14-13(16)19-15-11-7-21(17,18)8-12(11)20-2/h3-6,12H,7-8H2,1-2H3,(H,14,16)/b15-11+/t12-/m1/s1. The Hall–Kier alpha value is -1.54. The van der Waals surface area contributed by atoms with Gasteiger partial charge in [0.15, 0.2) is 9.84 Å². The summed E-state index contributed by atoms with van der Waals surface area (Å²) in [5.41, 5.74) is 2.04. The Morgan fingerprint density at radius 3 is 2.67 bits per heavy atom. The third kappa shape index (κ3) is 4.47. The lowest BCUT2D eigenvalue weighted by atomic mass is 10.2. The number of amides is 1. The van der Waals surface area contributed by atoms with E-state index in [1.807, 2.05) is 19.1 Å². The van der Waals surface area contributed by atoms with Gasteiger partial charge in [-0.05, 0) is 25.3 Å². The summed E-state index contributed by atoms with van der Waals surface area (Å²) in [6, 6.07) is 7.20. The Kier molecular flexibility index (Phi) is 4.89. The number of hydrogen-bond acceptors (Lipinski definition) is 6. The van der Waals surface area contributed by atoms with Crippen molar-refractivity contribution in [3.05, 3.63) is 29.8 Å². The number of benzene rings is 1. The van der Waals surface area contributed by atoms with Crippen LogP contribution in [-0.4, -0.2) is 43.2 Å². The van der Waals surface area contributed by atoms with E-state index >= 15 is 0 Å². The van der Waals surface area contributed by atoms with Crippen LogP contribution in [0.2, 0.25) is 0 Å². The molecule has 6 nitrogen and oxygen atoms in total. The molecular formula is C13H16N2O4S2. The summed E-state index contributed by atoms with van der Waals surface area (Å²) in [6.07, 6.45) is 1.06. The van der Waals surface area contributed by atoms with E-state index in [9.17, 15) is 13.2 Å². The predicted octanol–water partition coefficient (Wildman–Crippen LogP) is 2.06. The summed E-state index contributed by atoms with van der Waals surface area (Å²) in [7, 11) is -3.13. The fourth-order valence-electron chi connectivity index (χ4n) is 1.87. The Labute approximate surface area is 127 Å². The molecule has 114 valence electrons. The molecule has 1 amide bonds. The maximum atomic E-state index is 11.6. The SMILES string of the molecule is CS[C@@H]1CS(=O)(=O)C/C1=N\OC(=O)Nc1ccc(C)cc1. The second-order valence-electron chi connectivity index (χ2n) is 4.73. The van der Waals surface area contributed by atoms with Crippen molar-refractivity contribution in [2.75, 3.05) is 23.1 Å². The zero-order valence-corrected chi connectivity index (χ0v) is 13.3. The van der Waals surface area contributed by atoms with Crippen LogP contribution < -0.4 is 5.32 Å². The topological polar surface area (TPSA) is 84.8 Å². The molecule has 0 radical (unpaired) electrons. The van der Waals surface area contributed by atoms with Crippen LogP contribution in [0.4, 0.5) is 10.5 Å². The number of rotatable bonds is 3. The zero-order chi connectivity index (χ0) is 15.5. The van der Waals surface area contributed by atoms with Crippen molar-refractivity contribution < 1.29 is 18.0 Å². The first-order chi connectivity index (χ1) is 9.89. The Bertz CT molecular complexity index is 653. The molecule has 1 saturated heterocycles. The molecule has 1 aliphatic heterocycles. The minimum absolute atomic E-state index is 0.0376. The van der Waals surface area contributed by atoms with E-state index in [4.69, 9.17) is 4.84 Å². The highest BCUT2D eigenvalue weighted by atomic mass is 32.2. The van der Waals surface area contributed by atoms with E-state index < -0.39 is 15.9 Å². The van der Waals surface area contributed by atoms with Crippen LogP contribution in [0.1, 0.15) is 5.56 Å². The van der Waals surface area contributed by atoms with Gasteiger partial charge in [0.05, 0.1) is 22.5 Å². The highest BCUT2D eigenvalue weighted by Gasteiger charge is 2.34. The van der Waals surface area contributed by atoms with Crippen LogP contribution in [0.3, 0.4) is 0 Å². The molecule has 0 bridgehead atoms. The average molecular weight is 328 g/mol. The molecule has 1 aromatic rings. The molecule has 21 heavy (non-hydrogen) atoms. The van der Waals surface area contributed by atoms with Gasteiger partial charge in [-0.3, -0.25) is 10.2 Å². The number of nitrogens with one attached hydrogen (secondary N) is 1. The van der Waals surface area contributed by atoms with E-state index in [0.29, 0.717) is 11.4 Å². The van der Waals surface area contributed by atoms with Crippen molar-refractivity contribution >= 4 is 39.1 Å². The van der Waals surface area contributed by atoms with Gasteiger partial charge in [-0.25, -0.2) is 13.2 Å². The molecule has 0 aromatic heterocycles. The van der Waals surface area contributed by atoms with Gasteiger partial charge in [0.1, 0.15) is 0 Å². The summed E-state index contributed by atoms with van der Waals surface area (Å²) >= 11 is 1.38. The first-order valence-electron chi connectivity index (χ1n) is 6.24. The number of hydrogen-bond donors (Lipinski definition) is 1. The molecule has 2 rings (SSSR count). The van der Waals surface area contributed by atoms with E-state index in [-0.39, 0.29) is 16.8 Å². The Balaban J connectivity index is 1.97. The predicted molar refractivity (Wildman–Crippen MR) is 84.7 cm³/mol. The van der Waals surface area contributed by atoms with Gasteiger partial charge in [-0.2, -0.15) is 11.8 Å². The van der Waals surface area contributed by atoms with Crippen LogP contribution in [0.15, 0.2) is 29.4 Å². The van der Waals surface area contributed by atoms with Crippen LogP contribution in [0.25, 0.3) is 0 Å². The van der Waals surface area contributed by atoms with Gasteiger partial charge in [-0.15, -0.1) is 0 Å². The lowest BCUT2D eigenvalue weighted by molar-refractivity contribution is 0.166. The van der Waals surface area contributed by atoms with Gasteiger partial charge < -0.3 is 0 Å². The van der Waals surface area contributed by atoms with E-state index in [1.54, 1.807) is 18.4 Å². The van der Waals surface area contributed by atoms with Crippen LogP contribution in [-0.2, 0) is 14.7 Å². The first kappa shape index (κ1) is 15.8. The van der Waals surface area contributed by atoms with E-state index in [1.165, 1.54) is 11.8 Å². The molecule has 0 aliphatic carbocycles. The van der Waals surface area contributed by atoms with Gasteiger partial charge in [0.2, 0.25) is 0 Å². The summed E-state index contributed by atoms with van der Waals surface area (Å²) < 4.78 is 23.1. The molecule has 1 fully saturated rings. The smallest absolute Gasteiger partial charge is 0.298 e. The molecule has 8 heteroatoms. The van der Waals surface area contributed by atoms with Gasteiger partial charge in [0.25, 0.3) is 0 Å².